The quantitative estimate of drug-likeness (QED) is 0.597. The molecule has 2 rings (SSSR count). The maximum absolute atomic E-state index is 7.47. The molecule has 11 heavy (non-hydrogen) atoms. The Morgan fingerprint density at radius 3 is 3.27 bits per heavy atom. The van der Waals surface area contributed by atoms with Crippen LogP contribution in [0.2, 0.25) is 0 Å². The van der Waals surface area contributed by atoms with Gasteiger partial charge in [-0.3, -0.25) is 9.81 Å². The van der Waals surface area contributed by atoms with E-state index >= 15 is 0 Å². The number of nitrogens with one attached hydrogen (secondary N) is 1. The van der Waals surface area contributed by atoms with E-state index in [0.29, 0.717) is 11.3 Å². The fourth-order valence-corrected chi connectivity index (χ4v) is 1.62. The first-order chi connectivity index (χ1) is 5.27. The predicted octanol–water partition coefficient (Wildman–Crippen LogP) is 0.457. The van der Waals surface area contributed by atoms with Crippen LogP contribution >= 0.6 is 11.3 Å². The first kappa shape index (κ1) is 6.36. The van der Waals surface area contributed by atoms with Gasteiger partial charge in [0.15, 0.2) is 4.96 Å². The maximum Gasteiger partial charge on any atom is 0.197 e. The summed E-state index contributed by atoms with van der Waals surface area (Å²) >= 11 is 1.47. The zero-order valence-corrected chi connectivity index (χ0v) is 6.43. The van der Waals surface area contributed by atoms with Crippen molar-refractivity contribution in [3.05, 3.63) is 23.1 Å². The largest absolute Gasteiger partial charge is 0.383 e. The molecule has 0 aliphatic rings. The van der Waals surface area contributed by atoms with Gasteiger partial charge in [-0.05, 0) is 0 Å². The number of nitrogen functional groups attached to an aromatic ring is 1. The predicted molar refractivity (Wildman–Crippen MR) is 43.3 cm³/mol. The normalized spacial score (nSPS) is 10.5. The molecule has 5 heteroatoms. The summed E-state index contributed by atoms with van der Waals surface area (Å²) < 4.78 is 1.68. The van der Waals surface area contributed by atoms with Crippen molar-refractivity contribution < 1.29 is 0 Å². The van der Waals surface area contributed by atoms with E-state index in [1.807, 2.05) is 5.38 Å². The monoisotopic (exact) mass is 166 g/mol. The van der Waals surface area contributed by atoms with Crippen LogP contribution in [-0.4, -0.2) is 9.38 Å². The van der Waals surface area contributed by atoms with E-state index in [1.165, 1.54) is 17.4 Å². The van der Waals surface area contributed by atoms with Crippen molar-refractivity contribution in [2.75, 3.05) is 5.73 Å². The average molecular weight is 166 g/mol. The lowest BCUT2D eigenvalue weighted by Crippen LogP contribution is -2.12. The van der Waals surface area contributed by atoms with E-state index in [2.05, 4.69) is 4.98 Å². The highest BCUT2D eigenvalue weighted by Gasteiger charge is 1.96. The third kappa shape index (κ3) is 0.894. The van der Waals surface area contributed by atoms with Gasteiger partial charge in [-0.15, -0.1) is 11.3 Å². The number of aromatic nitrogens is 2. The molecule has 0 aliphatic carbocycles. The molecular weight excluding hydrogens is 160 g/mol. The minimum Gasteiger partial charge on any atom is -0.383 e. The Morgan fingerprint density at radius 1 is 1.64 bits per heavy atom. The van der Waals surface area contributed by atoms with Crippen LogP contribution in [0, 0.1) is 5.41 Å². The fourth-order valence-electron chi connectivity index (χ4n) is 0.889. The second-order valence-electron chi connectivity index (χ2n) is 2.12. The van der Waals surface area contributed by atoms with Gasteiger partial charge < -0.3 is 5.73 Å². The summed E-state index contributed by atoms with van der Waals surface area (Å²) in [4.78, 5) is 4.80. The third-order valence-electron chi connectivity index (χ3n) is 1.36. The van der Waals surface area contributed by atoms with Crippen LogP contribution in [0.15, 0.2) is 17.6 Å². The van der Waals surface area contributed by atoms with Crippen LogP contribution in [0.3, 0.4) is 0 Å². The topological polar surface area (TPSA) is 67.2 Å². The smallest absolute Gasteiger partial charge is 0.197 e. The van der Waals surface area contributed by atoms with Crippen molar-refractivity contribution in [1.82, 2.24) is 9.38 Å². The van der Waals surface area contributed by atoms with Gasteiger partial charge in [-0.2, -0.15) is 0 Å². The van der Waals surface area contributed by atoms with E-state index in [0.717, 1.165) is 4.96 Å². The van der Waals surface area contributed by atoms with Crippen LogP contribution in [-0.2, 0) is 0 Å². The molecule has 0 bridgehead atoms. The number of hydrogen-bond acceptors (Lipinski definition) is 4. The molecule has 3 N–H and O–H groups in total. The lowest BCUT2D eigenvalue weighted by atomic mass is 10.6. The minimum atomic E-state index is 0.369. The molecule has 0 saturated carbocycles. The van der Waals surface area contributed by atoms with Gasteiger partial charge in [0.05, 0.1) is 0 Å². The molecule has 0 spiro atoms. The van der Waals surface area contributed by atoms with Crippen molar-refractivity contribution in [2.24, 2.45) is 0 Å². The standard InChI is InChI=1S/C6H6N4S/c7-4-3-5(8)10-1-2-11-6(10)9-4/h1-3,8H,7H2. The van der Waals surface area contributed by atoms with Crippen molar-refractivity contribution >= 4 is 22.1 Å². The number of hydrogen-bond donors (Lipinski definition) is 2. The molecule has 0 fully saturated rings. The van der Waals surface area contributed by atoms with Gasteiger partial charge >= 0.3 is 0 Å². The average Bonchev–Trinajstić information content (AvgIpc) is 2.34. The van der Waals surface area contributed by atoms with E-state index in [9.17, 15) is 0 Å². The number of rotatable bonds is 0. The molecule has 0 radical (unpaired) electrons. The fraction of sp³-hybridized carbons (Fsp3) is 0. The number of nitrogens with two attached hydrogens (primary N) is 1. The van der Waals surface area contributed by atoms with Crippen LogP contribution in [0.4, 0.5) is 5.82 Å². The zero-order valence-electron chi connectivity index (χ0n) is 5.61. The Morgan fingerprint density at radius 2 is 2.45 bits per heavy atom. The first-order valence-corrected chi connectivity index (χ1v) is 3.92. The number of fused-ring (bicyclic) bond motifs is 1. The second kappa shape index (κ2) is 2.06. The molecule has 2 aromatic rings. The first-order valence-electron chi connectivity index (χ1n) is 3.04. The summed E-state index contributed by atoms with van der Waals surface area (Å²) in [6.45, 7) is 0. The number of anilines is 1. The van der Waals surface area contributed by atoms with Crippen LogP contribution in [0.5, 0.6) is 0 Å². The molecular formula is C6H6N4S. The Hall–Kier alpha value is -1.36. The summed E-state index contributed by atoms with van der Waals surface area (Å²) in [7, 11) is 0. The zero-order chi connectivity index (χ0) is 7.84. The van der Waals surface area contributed by atoms with Crippen molar-refractivity contribution in [3.63, 3.8) is 0 Å². The number of nitrogens with zero attached hydrogens (tertiary/aromatic N) is 2. The molecule has 0 aromatic carbocycles. The van der Waals surface area contributed by atoms with Gasteiger partial charge in [-0.1, -0.05) is 0 Å². The lowest BCUT2D eigenvalue weighted by Gasteiger charge is -1.93. The maximum atomic E-state index is 7.47. The van der Waals surface area contributed by atoms with Crippen LogP contribution in [0.25, 0.3) is 4.96 Å². The highest BCUT2D eigenvalue weighted by molar-refractivity contribution is 7.15. The molecule has 0 amide bonds. The minimum absolute atomic E-state index is 0.369. The summed E-state index contributed by atoms with van der Waals surface area (Å²) in [6, 6.07) is 1.53. The van der Waals surface area contributed by atoms with Gasteiger partial charge in [0, 0.05) is 17.6 Å². The Bertz CT molecular complexity index is 441. The van der Waals surface area contributed by atoms with Gasteiger partial charge in [0.2, 0.25) is 0 Å². The van der Waals surface area contributed by atoms with Crippen molar-refractivity contribution in [3.8, 4) is 0 Å². The Balaban J connectivity index is 3.02. The summed E-state index contributed by atoms with van der Waals surface area (Å²) in [5.41, 5.74) is 5.82. The van der Waals surface area contributed by atoms with E-state index in [4.69, 9.17) is 11.1 Å². The molecule has 56 valence electrons. The molecule has 0 unspecified atom stereocenters. The Kier molecular flexibility index (Phi) is 1.19. The van der Waals surface area contributed by atoms with Gasteiger partial charge in [0.1, 0.15) is 11.3 Å². The van der Waals surface area contributed by atoms with Gasteiger partial charge in [0.25, 0.3) is 0 Å². The third-order valence-corrected chi connectivity index (χ3v) is 2.11. The van der Waals surface area contributed by atoms with E-state index in [1.54, 1.807) is 10.6 Å². The summed E-state index contributed by atoms with van der Waals surface area (Å²) in [6.07, 6.45) is 1.80. The number of thiazole rings is 1. The van der Waals surface area contributed by atoms with Crippen LogP contribution < -0.4 is 11.2 Å². The summed E-state index contributed by atoms with van der Waals surface area (Å²) in [5, 5.41) is 9.35. The van der Waals surface area contributed by atoms with E-state index in [-0.39, 0.29) is 0 Å². The highest BCUT2D eigenvalue weighted by Crippen LogP contribution is 2.06. The lowest BCUT2D eigenvalue weighted by molar-refractivity contribution is 0.998. The second-order valence-corrected chi connectivity index (χ2v) is 2.99. The van der Waals surface area contributed by atoms with Crippen molar-refractivity contribution in [2.45, 2.75) is 0 Å². The van der Waals surface area contributed by atoms with Crippen molar-refractivity contribution in [1.29, 1.82) is 5.41 Å². The molecule has 0 saturated heterocycles. The van der Waals surface area contributed by atoms with Gasteiger partial charge in [-0.25, -0.2) is 4.98 Å². The molecule has 4 nitrogen and oxygen atoms in total. The van der Waals surface area contributed by atoms with E-state index < -0.39 is 0 Å². The highest BCUT2D eigenvalue weighted by atomic mass is 32.1. The summed E-state index contributed by atoms with van der Waals surface area (Å²) in [5.74, 6) is 0.400. The van der Waals surface area contributed by atoms with Crippen LogP contribution in [0.1, 0.15) is 0 Å². The SMILES string of the molecule is N=c1cc(N)nc2sccn12. The molecule has 0 atom stereocenters. The molecule has 0 aliphatic heterocycles. The molecule has 2 heterocycles. The molecule has 2 aromatic heterocycles. The Labute approximate surface area is 66.4 Å².